The fourth-order valence-electron chi connectivity index (χ4n) is 1.93. The zero-order valence-corrected chi connectivity index (χ0v) is 12.1. The van der Waals surface area contributed by atoms with E-state index in [-0.39, 0.29) is 6.04 Å². The maximum atomic E-state index is 4.46. The molecule has 2 rings (SSSR count). The molecular weight excluding hydrogens is 248 g/mol. The molecular formula is C13H18N2S2. The van der Waals surface area contributed by atoms with E-state index >= 15 is 0 Å². The first kappa shape index (κ1) is 12.7. The third kappa shape index (κ3) is 2.94. The molecule has 0 aliphatic heterocycles. The normalized spacial score (nSPS) is 12.9. The second kappa shape index (κ2) is 5.76. The standard InChI is InChI=1S/C13H18N2S2/c1-4-5-14-12(13-15-6-7-16-13)11-8-9(2)17-10(11)3/h6-8,12,14H,4-5H2,1-3H3. The Labute approximate surface area is 111 Å². The van der Waals surface area contributed by atoms with E-state index < -0.39 is 0 Å². The molecule has 0 saturated heterocycles. The zero-order valence-electron chi connectivity index (χ0n) is 10.5. The van der Waals surface area contributed by atoms with Gasteiger partial charge in [0.05, 0.1) is 6.04 Å². The quantitative estimate of drug-likeness (QED) is 0.887. The van der Waals surface area contributed by atoms with Crippen LogP contribution in [0.3, 0.4) is 0 Å². The predicted molar refractivity (Wildman–Crippen MR) is 76.0 cm³/mol. The molecule has 0 fully saturated rings. The van der Waals surface area contributed by atoms with E-state index in [2.05, 4.69) is 37.1 Å². The lowest BCUT2D eigenvalue weighted by Gasteiger charge is -2.16. The first-order valence-corrected chi connectivity index (χ1v) is 7.61. The summed E-state index contributed by atoms with van der Waals surface area (Å²) in [7, 11) is 0. The summed E-state index contributed by atoms with van der Waals surface area (Å²) >= 11 is 3.59. The van der Waals surface area contributed by atoms with E-state index in [9.17, 15) is 0 Å². The third-order valence-electron chi connectivity index (χ3n) is 2.69. The van der Waals surface area contributed by atoms with Crippen molar-refractivity contribution in [3.05, 3.63) is 38.0 Å². The Morgan fingerprint density at radius 2 is 2.24 bits per heavy atom. The van der Waals surface area contributed by atoms with Crippen LogP contribution in [-0.2, 0) is 0 Å². The van der Waals surface area contributed by atoms with E-state index in [4.69, 9.17) is 0 Å². The summed E-state index contributed by atoms with van der Waals surface area (Å²) in [5, 5.41) is 6.81. The van der Waals surface area contributed by atoms with Crippen molar-refractivity contribution < 1.29 is 0 Å². The monoisotopic (exact) mass is 266 g/mol. The van der Waals surface area contributed by atoms with Gasteiger partial charge in [-0.25, -0.2) is 4.98 Å². The Hall–Kier alpha value is -0.710. The van der Waals surface area contributed by atoms with Crippen LogP contribution in [0.1, 0.15) is 39.7 Å². The maximum absolute atomic E-state index is 4.46. The van der Waals surface area contributed by atoms with Crippen molar-refractivity contribution in [1.82, 2.24) is 10.3 Å². The van der Waals surface area contributed by atoms with E-state index in [0.29, 0.717) is 0 Å². The number of hydrogen-bond donors (Lipinski definition) is 1. The van der Waals surface area contributed by atoms with Crippen LogP contribution in [0.4, 0.5) is 0 Å². The fraction of sp³-hybridized carbons (Fsp3) is 0.462. The minimum atomic E-state index is 0.264. The van der Waals surface area contributed by atoms with Crippen LogP contribution in [0.2, 0.25) is 0 Å². The van der Waals surface area contributed by atoms with Crippen LogP contribution in [0, 0.1) is 13.8 Å². The van der Waals surface area contributed by atoms with Crippen LogP contribution in [0.15, 0.2) is 17.6 Å². The Balaban J connectivity index is 2.30. The van der Waals surface area contributed by atoms with Crippen molar-refractivity contribution in [2.75, 3.05) is 6.54 Å². The molecule has 2 heterocycles. The molecule has 1 atom stereocenters. The summed E-state index contributed by atoms with van der Waals surface area (Å²) in [6.07, 6.45) is 3.03. The Kier molecular flexibility index (Phi) is 4.31. The minimum Gasteiger partial charge on any atom is -0.304 e. The molecule has 0 radical (unpaired) electrons. The first-order valence-electron chi connectivity index (χ1n) is 5.92. The molecule has 2 aromatic rings. The van der Waals surface area contributed by atoms with Gasteiger partial charge in [-0.2, -0.15) is 0 Å². The van der Waals surface area contributed by atoms with Crippen molar-refractivity contribution in [3.63, 3.8) is 0 Å². The van der Waals surface area contributed by atoms with Gasteiger partial charge in [-0.05, 0) is 38.4 Å². The van der Waals surface area contributed by atoms with Crippen LogP contribution in [0.25, 0.3) is 0 Å². The number of aryl methyl sites for hydroxylation is 2. The minimum absolute atomic E-state index is 0.264. The highest BCUT2D eigenvalue weighted by Crippen LogP contribution is 2.31. The van der Waals surface area contributed by atoms with Gasteiger partial charge in [-0.15, -0.1) is 22.7 Å². The smallest absolute Gasteiger partial charge is 0.114 e. The van der Waals surface area contributed by atoms with Gasteiger partial charge in [0.1, 0.15) is 5.01 Å². The molecule has 2 aromatic heterocycles. The SMILES string of the molecule is CCCNC(c1nccs1)c1cc(C)sc1C. The molecule has 17 heavy (non-hydrogen) atoms. The van der Waals surface area contributed by atoms with Crippen molar-refractivity contribution >= 4 is 22.7 Å². The number of nitrogens with zero attached hydrogens (tertiary/aromatic N) is 1. The van der Waals surface area contributed by atoms with Crippen molar-refractivity contribution in [3.8, 4) is 0 Å². The molecule has 1 unspecified atom stereocenters. The fourth-order valence-corrected chi connectivity index (χ4v) is 3.63. The first-order chi connectivity index (χ1) is 8.22. The van der Waals surface area contributed by atoms with Gasteiger partial charge < -0.3 is 5.32 Å². The average molecular weight is 266 g/mol. The Morgan fingerprint density at radius 1 is 1.41 bits per heavy atom. The number of thiophene rings is 1. The lowest BCUT2D eigenvalue weighted by Crippen LogP contribution is -2.23. The summed E-state index contributed by atoms with van der Waals surface area (Å²) in [4.78, 5) is 7.22. The number of nitrogens with one attached hydrogen (secondary N) is 1. The molecule has 4 heteroatoms. The molecule has 0 saturated carbocycles. The Bertz CT molecular complexity index is 460. The summed E-state index contributed by atoms with van der Waals surface area (Å²) < 4.78 is 0. The highest BCUT2D eigenvalue weighted by atomic mass is 32.1. The van der Waals surface area contributed by atoms with Gasteiger partial charge in [-0.3, -0.25) is 0 Å². The number of thiazole rings is 1. The van der Waals surface area contributed by atoms with Gasteiger partial charge in [0, 0.05) is 21.3 Å². The molecule has 0 bridgehead atoms. The highest BCUT2D eigenvalue weighted by Gasteiger charge is 2.19. The van der Waals surface area contributed by atoms with E-state index in [0.717, 1.165) is 13.0 Å². The lowest BCUT2D eigenvalue weighted by atomic mass is 10.1. The maximum Gasteiger partial charge on any atom is 0.114 e. The van der Waals surface area contributed by atoms with Crippen LogP contribution in [0.5, 0.6) is 0 Å². The van der Waals surface area contributed by atoms with Gasteiger partial charge in [0.25, 0.3) is 0 Å². The van der Waals surface area contributed by atoms with Crippen molar-refractivity contribution in [2.45, 2.75) is 33.2 Å². The van der Waals surface area contributed by atoms with E-state index in [1.165, 1.54) is 20.3 Å². The number of hydrogen-bond acceptors (Lipinski definition) is 4. The third-order valence-corrected chi connectivity index (χ3v) is 4.51. The van der Waals surface area contributed by atoms with Crippen LogP contribution in [-0.4, -0.2) is 11.5 Å². The van der Waals surface area contributed by atoms with Gasteiger partial charge in [-0.1, -0.05) is 6.92 Å². The molecule has 0 aliphatic carbocycles. The molecule has 0 aromatic carbocycles. The number of aromatic nitrogens is 1. The summed E-state index contributed by atoms with van der Waals surface area (Å²) in [6.45, 7) is 7.58. The molecule has 0 aliphatic rings. The van der Waals surface area contributed by atoms with Crippen molar-refractivity contribution in [1.29, 1.82) is 0 Å². The summed E-state index contributed by atoms with van der Waals surface area (Å²) in [5.41, 5.74) is 1.39. The summed E-state index contributed by atoms with van der Waals surface area (Å²) in [6, 6.07) is 2.55. The van der Waals surface area contributed by atoms with Gasteiger partial charge in [0.2, 0.25) is 0 Å². The molecule has 1 N–H and O–H groups in total. The highest BCUT2D eigenvalue weighted by molar-refractivity contribution is 7.12. The topological polar surface area (TPSA) is 24.9 Å². The van der Waals surface area contributed by atoms with E-state index in [1.54, 1.807) is 11.3 Å². The van der Waals surface area contributed by atoms with Crippen molar-refractivity contribution in [2.24, 2.45) is 0 Å². The Morgan fingerprint density at radius 3 is 2.76 bits per heavy atom. The molecule has 0 amide bonds. The largest absolute Gasteiger partial charge is 0.304 e. The molecule has 2 nitrogen and oxygen atoms in total. The second-order valence-electron chi connectivity index (χ2n) is 4.13. The van der Waals surface area contributed by atoms with Gasteiger partial charge >= 0.3 is 0 Å². The predicted octanol–water partition coefficient (Wildman–Crippen LogP) is 3.91. The van der Waals surface area contributed by atoms with Crippen LogP contribution < -0.4 is 5.32 Å². The van der Waals surface area contributed by atoms with E-state index in [1.807, 2.05) is 22.9 Å². The summed E-state index contributed by atoms with van der Waals surface area (Å²) in [5.74, 6) is 0. The molecule has 92 valence electrons. The van der Waals surface area contributed by atoms with Gasteiger partial charge in [0.15, 0.2) is 0 Å². The average Bonchev–Trinajstić information content (AvgIpc) is 2.90. The zero-order chi connectivity index (χ0) is 12.3. The second-order valence-corrected chi connectivity index (χ2v) is 6.51. The van der Waals surface area contributed by atoms with Crippen LogP contribution >= 0.6 is 22.7 Å². The number of rotatable bonds is 5. The lowest BCUT2D eigenvalue weighted by molar-refractivity contribution is 0.595. The molecule has 0 spiro atoms.